The van der Waals surface area contributed by atoms with E-state index in [0.29, 0.717) is 5.58 Å². The minimum absolute atomic E-state index is 0.0113. The van der Waals surface area contributed by atoms with Gasteiger partial charge in [0.1, 0.15) is 10.1 Å². The summed E-state index contributed by atoms with van der Waals surface area (Å²) in [6, 6.07) is 8.69. The Morgan fingerprint density at radius 2 is 1.81 bits per heavy atom. The highest BCUT2D eigenvalue weighted by atomic mass is 35.5. The van der Waals surface area contributed by atoms with Gasteiger partial charge in [-0.1, -0.05) is 53.0 Å². The minimum atomic E-state index is -0.567. The van der Waals surface area contributed by atoms with Crippen LogP contribution in [0.4, 0.5) is 0 Å². The van der Waals surface area contributed by atoms with E-state index in [0.717, 1.165) is 5.39 Å². The van der Waals surface area contributed by atoms with Crippen molar-refractivity contribution in [2.24, 2.45) is 0 Å². The van der Waals surface area contributed by atoms with E-state index >= 15 is 0 Å². The van der Waals surface area contributed by atoms with Crippen LogP contribution in [0.2, 0.25) is 0 Å². The molecule has 0 aliphatic rings. The second kappa shape index (κ2) is 4.50. The molecule has 5 heteroatoms. The van der Waals surface area contributed by atoms with Crippen LogP contribution in [0.25, 0.3) is 16.0 Å². The molecule has 82 valence electrons. The van der Waals surface area contributed by atoms with E-state index < -0.39 is 5.63 Å². The maximum Gasteiger partial charge on any atom is 0.345 e. The molecule has 2 aromatic rings. The van der Waals surface area contributed by atoms with Crippen molar-refractivity contribution in [1.29, 1.82) is 0 Å². The summed E-state index contributed by atoms with van der Waals surface area (Å²) in [4.78, 5) is 11.6. The summed E-state index contributed by atoms with van der Waals surface area (Å²) in [7, 11) is 0. The lowest BCUT2D eigenvalue weighted by Gasteiger charge is -2.00. The van der Waals surface area contributed by atoms with E-state index in [4.69, 9.17) is 39.2 Å². The van der Waals surface area contributed by atoms with E-state index in [1.54, 1.807) is 24.3 Å². The van der Waals surface area contributed by atoms with Crippen molar-refractivity contribution in [3.05, 3.63) is 50.8 Å². The predicted octanol–water partition coefficient (Wildman–Crippen LogP) is 4.14. The van der Waals surface area contributed by atoms with Gasteiger partial charge in [-0.15, -0.1) is 0 Å². The maximum atomic E-state index is 11.6. The van der Waals surface area contributed by atoms with Crippen LogP contribution in [0.15, 0.2) is 44.0 Å². The van der Waals surface area contributed by atoms with E-state index in [2.05, 4.69) is 0 Å². The molecular weight excluding hydrogens is 270 g/mol. The van der Waals surface area contributed by atoms with E-state index in [1.165, 1.54) is 0 Å². The van der Waals surface area contributed by atoms with Gasteiger partial charge in [0.2, 0.25) is 0 Å². The molecule has 0 unspecified atom stereocenters. The molecule has 0 aliphatic carbocycles. The van der Waals surface area contributed by atoms with Crippen molar-refractivity contribution < 1.29 is 4.42 Å². The summed E-state index contributed by atoms with van der Waals surface area (Å²) >= 11 is 16.8. The first kappa shape index (κ1) is 11.5. The Balaban J connectivity index is 2.78. The van der Waals surface area contributed by atoms with Gasteiger partial charge in [0.25, 0.3) is 0 Å². The first-order valence-corrected chi connectivity index (χ1v) is 5.47. The minimum Gasteiger partial charge on any atom is -0.422 e. The number of hydrogen-bond donors (Lipinski definition) is 0. The largest absolute Gasteiger partial charge is 0.422 e. The third-order valence-electron chi connectivity index (χ3n) is 2.04. The summed E-state index contributed by atoms with van der Waals surface area (Å²) in [5.41, 5.74) is 0.0780. The van der Waals surface area contributed by atoms with Crippen LogP contribution in [0.3, 0.4) is 0 Å². The molecule has 0 aliphatic heterocycles. The van der Waals surface area contributed by atoms with Crippen LogP contribution in [-0.4, -0.2) is 0 Å². The molecule has 1 aromatic heterocycles. The molecule has 16 heavy (non-hydrogen) atoms. The number of para-hydroxylation sites is 1. The molecular formula is C11H5Cl3O2. The zero-order chi connectivity index (χ0) is 11.7. The van der Waals surface area contributed by atoms with Gasteiger partial charge >= 0.3 is 5.63 Å². The first-order chi connectivity index (χ1) is 7.59. The molecule has 2 rings (SSSR count). The molecule has 0 bridgehead atoms. The Bertz CT molecular complexity index is 624. The highest BCUT2D eigenvalue weighted by Crippen LogP contribution is 2.27. The zero-order valence-corrected chi connectivity index (χ0v) is 10.1. The second-order valence-corrected chi connectivity index (χ2v) is 4.39. The maximum absolute atomic E-state index is 11.6. The summed E-state index contributed by atoms with van der Waals surface area (Å²) in [5.74, 6) is 0. The lowest BCUT2D eigenvalue weighted by Crippen LogP contribution is -2.04. The molecule has 0 radical (unpaired) electrons. The molecule has 0 saturated heterocycles. The number of benzene rings is 1. The van der Waals surface area contributed by atoms with Crippen LogP contribution in [0.5, 0.6) is 0 Å². The molecule has 1 aromatic carbocycles. The van der Waals surface area contributed by atoms with Crippen LogP contribution in [0.1, 0.15) is 5.56 Å². The van der Waals surface area contributed by atoms with Crippen LogP contribution in [0, 0.1) is 0 Å². The normalized spacial score (nSPS) is 10.4. The third-order valence-corrected chi connectivity index (χ3v) is 3.01. The lowest BCUT2D eigenvalue weighted by molar-refractivity contribution is 0.559. The Kier molecular flexibility index (Phi) is 3.24. The first-order valence-electron chi connectivity index (χ1n) is 4.33. The SMILES string of the molecule is O=c1oc2ccccc2cc1C(Cl)=C(Cl)Cl. The second-order valence-electron chi connectivity index (χ2n) is 3.06. The predicted molar refractivity (Wildman–Crippen MR) is 67.0 cm³/mol. The summed E-state index contributed by atoms with van der Waals surface area (Å²) < 4.78 is 4.91. The molecule has 0 atom stereocenters. The average molecular weight is 276 g/mol. The molecule has 0 fully saturated rings. The van der Waals surface area contributed by atoms with Gasteiger partial charge in [-0.25, -0.2) is 4.79 Å². The van der Waals surface area contributed by atoms with Gasteiger partial charge in [0.15, 0.2) is 0 Å². The molecule has 0 N–H and O–H groups in total. The van der Waals surface area contributed by atoms with Crippen molar-refractivity contribution in [2.45, 2.75) is 0 Å². The van der Waals surface area contributed by atoms with E-state index in [9.17, 15) is 4.79 Å². The third kappa shape index (κ3) is 2.09. The van der Waals surface area contributed by atoms with Gasteiger partial charge in [-0.05, 0) is 12.1 Å². The van der Waals surface area contributed by atoms with Crippen LogP contribution < -0.4 is 5.63 Å². The van der Waals surface area contributed by atoms with E-state index in [-0.39, 0.29) is 15.1 Å². The van der Waals surface area contributed by atoms with Crippen molar-refractivity contribution in [1.82, 2.24) is 0 Å². The number of fused-ring (bicyclic) bond motifs is 1. The summed E-state index contributed by atoms with van der Waals surface area (Å²) in [6.45, 7) is 0. The van der Waals surface area contributed by atoms with E-state index in [1.807, 2.05) is 6.07 Å². The van der Waals surface area contributed by atoms with Gasteiger partial charge in [-0.3, -0.25) is 0 Å². The Morgan fingerprint density at radius 1 is 1.12 bits per heavy atom. The molecule has 0 spiro atoms. The topological polar surface area (TPSA) is 30.2 Å². The van der Waals surface area contributed by atoms with Crippen molar-refractivity contribution in [2.75, 3.05) is 0 Å². The Labute approximate surface area is 106 Å². The standard InChI is InChI=1S/C11H5Cl3O2/c12-9(10(13)14)7-5-6-3-1-2-4-8(6)16-11(7)15/h1-5H. The highest BCUT2D eigenvalue weighted by Gasteiger charge is 2.10. The molecule has 0 amide bonds. The van der Waals surface area contributed by atoms with Crippen molar-refractivity contribution in [3.63, 3.8) is 0 Å². The number of rotatable bonds is 1. The Morgan fingerprint density at radius 3 is 2.50 bits per heavy atom. The lowest BCUT2D eigenvalue weighted by atomic mass is 10.2. The molecule has 1 heterocycles. The van der Waals surface area contributed by atoms with Gasteiger partial charge < -0.3 is 4.42 Å². The fourth-order valence-corrected chi connectivity index (χ4v) is 1.65. The number of hydrogen-bond acceptors (Lipinski definition) is 2. The van der Waals surface area contributed by atoms with Gasteiger partial charge in [0, 0.05) is 5.39 Å². The van der Waals surface area contributed by atoms with Gasteiger partial charge in [-0.2, -0.15) is 0 Å². The fraction of sp³-hybridized carbons (Fsp3) is 0. The quantitative estimate of drug-likeness (QED) is 0.732. The van der Waals surface area contributed by atoms with Crippen molar-refractivity contribution in [3.8, 4) is 0 Å². The van der Waals surface area contributed by atoms with Gasteiger partial charge in [0.05, 0.1) is 10.6 Å². The Hall–Kier alpha value is -0.960. The summed E-state index contributed by atoms with van der Waals surface area (Å²) in [6.07, 6.45) is 0. The smallest absolute Gasteiger partial charge is 0.345 e. The monoisotopic (exact) mass is 274 g/mol. The fourth-order valence-electron chi connectivity index (χ4n) is 1.32. The molecule has 0 saturated carbocycles. The average Bonchev–Trinajstić information content (AvgIpc) is 2.27. The van der Waals surface area contributed by atoms with Crippen LogP contribution >= 0.6 is 34.8 Å². The van der Waals surface area contributed by atoms with Crippen molar-refractivity contribution >= 4 is 50.8 Å². The zero-order valence-electron chi connectivity index (χ0n) is 7.84. The molecule has 2 nitrogen and oxygen atoms in total. The summed E-state index contributed by atoms with van der Waals surface area (Å²) in [5, 5.41) is 0.743. The highest BCUT2D eigenvalue weighted by molar-refractivity contribution is 6.66. The van der Waals surface area contributed by atoms with Crippen LogP contribution in [-0.2, 0) is 0 Å². The number of halogens is 3.